The van der Waals surface area contributed by atoms with Crippen LogP contribution in [0.1, 0.15) is 37.0 Å². The molecule has 6 heteroatoms. The Hall–Kier alpha value is -1.66. The fourth-order valence-corrected chi connectivity index (χ4v) is 2.60. The van der Waals surface area contributed by atoms with E-state index in [1.54, 1.807) is 11.3 Å². The first-order valence-electron chi connectivity index (χ1n) is 6.14. The lowest BCUT2D eigenvalue weighted by Crippen LogP contribution is -2.15. The summed E-state index contributed by atoms with van der Waals surface area (Å²) in [6, 6.07) is 1.91. The third kappa shape index (κ3) is 3.21. The Balaban J connectivity index is 2.09. The molecule has 5 nitrogen and oxygen atoms in total. The molecular formula is C13H18N4OS. The molecule has 4 N–H and O–H groups in total. The second-order valence-corrected chi connectivity index (χ2v) is 5.41. The maximum Gasteiger partial charge on any atom is 0.135 e. The smallest absolute Gasteiger partial charge is 0.135 e. The first-order chi connectivity index (χ1) is 9.09. The number of nitrogens with zero attached hydrogens (tertiary/aromatic N) is 2. The molecule has 0 spiro atoms. The van der Waals surface area contributed by atoms with Crippen LogP contribution in [0.5, 0.6) is 0 Å². The van der Waals surface area contributed by atoms with Crippen molar-refractivity contribution < 1.29 is 5.11 Å². The van der Waals surface area contributed by atoms with Crippen molar-refractivity contribution >= 4 is 23.0 Å². The van der Waals surface area contributed by atoms with Gasteiger partial charge in [-0.3, -0.25) is 0 Å². The predicted molar refractivity (Wildman–Crippen MR) is 78.3 cm³/mol. The first-order valence-corrected chi connectivity index (χ1v) is 7.08. The number of hydrogen-bond donors (Lipinski definition) is 3. The van der Waals surface area contributed by atoms with Gasteiger partial charge in [0.2, 0.25) is 0 Å². The highest BCUT2D eigenvalue weighted by Crippen LogP contribution is 2.26. The van der Waals surface area contributed by atoms with Gasteiger partial charge in [-0.25, -0.2) is 9.97 Å². The van der Waals surface area contributed by atoms with Crippen LogP contribution in [0, 0.1) is 0 Å². The Morgan fingerprint density at radius 3 is 2.84 bits per heavy atom. The molecule has 1 unspecified atom stereocenters. The fraction of sp³-hybridized carbons (Fsp3) is 0.385. The number of aliphatic hydroxyl groups excluding tert-OH is 1. The standard InChI is InChI=1S/C13H18N4OS/c1-8(2)11-12(14)16-7-17-13(11)15-5-10(18)9-3-4-19-6-9/h3-4,6-8,10,18H,5H2,1-2H3,(H3,14,15,16,17). The fourth-order valence-electron chi connectivity index (χ4n) is 1.90. The average Bonchev–Trinajstić information content (AvgIpc) is 2.89. The Bertz CT molecular complexity index is 527. The molecule has 2 aromatic heterocycles. The zero-order chi connectivity index (χ0) is 13.8. The van der Waals surface area contributed by atoms with Gasteiger partial charge in [0.15, 0.2) is 0 Å². The Kier molecular flexibility index (Phi) is 4.34. The Morgan fingerprint density at radius 2 is 2.21 bits per heavy atom. The minimum Gasteiger partial charge on any atom is -0.387 e. The summed E-state index contributed by atoms with van der Waals surface area (Å²) < 4.78 is 0. The quantitative estimate of drug-likeness (QED) is 0.782. The van der Waals surface area contributed by atoms with Crippen molar-refractivity contribution in [2.24, 2.45) is 0 Å². The second kappa shape index (κ2) is 5.99. The lowest BCUT2D eigenvalue weighted by atomic mass is 10.0. The number of nitrogens with one attached hydrogen (secondary N) is 1. The van der Waals surface area contributed by atoms with Crippen molar-refractivity contribution in [2.45, 2.75) is 25.9 Å². The number of nitrogen functional groups attached to an aromatic ring is 1. The molecule has 0 fully saturated rings. The lowest BCUT2D eigenvalue weighted by molar-refractivity contribution is 0.192. The number of hydrogen-bond acceptors (Lipinski definition) is 6. The topological polar surface area (TPSA) is 84.1 Å². The monoisotopic (exact) mass is 278 g/mol. The molecule has 0 amide bonds. The van der Waals surface area contributed by atoms with E-state index in [-0.39, 0.29) is 5.92 Å². The van der Waals surface area contributed by atoms with E-state index < -0.39 is 6.10 Å². The van der Waals surface area contributed by atoms with Crippen molar-refractivity contribution in [1.82, 2.24) is 9.97 Å². The van der Waals surface area contributed by atoms with Crippen molar-refractivity contribution in [3.05, 3.63) is 34.3 Å². The predicted octanol–water partition coefficient (Wildman–Crippen LogP) is 2.39. The van der Waals surface area contributed by atoms with Crippen LogP contribution in [0.3, 0.4) is 0 Å². The molecule has 0 saturated carbocycles. The largest absolute Gasteiger partial charge is 0.387 e. The second-order valence-electron chi connectivity index (χ2n) is 4.63. The van der Waals surface area contributed by atoms with Crippen LogP contribution >= 0.6 is 11.3 Å². The van der Waals surface area contributed by atoms with E-state index in [2.05, 4.69) is 15.3 Å². The van der Waals surface area contributed by atoms with E-state index >= 15 is 0 Å². The van der Waals surface area contributed by atoms with E-state index in [0.29, 0.717) is 18.2 Å². The van der Waals surface area contributed by atoms with Crippen LogP contribution in [0.25, 0.3) is 0 Å². The summed E-state index contributed by atoms with van der Waals surface area (Å²) in [4.78, 5) is 8.21. The zero-order valence-electron chi connectivity index (χ0n) is 11.0. The van der Waals surface area contributed by atoms with Gasteiger partial charge in [-0.1, -0.05) is 13.8 Å². The number of thiophene rings is 1. The summed E-state index contributed by atoms with van der Waals surface area (Å²) in [5, 5.41) is 17.1. The molecule has 0 bridgehead atoms. The summed E-state index contributed by atoms with van der Waals surface area (Å²) in [7, 11) is 0. The van der Waals surface area contributed by atoms with Crippen LogP contribution in [0.4, 0.5) is 11.6 Å². The molecule has 0 aliphatic heterocycles. The van der Waals surface area contributed by atoms with Crippen LogP contribution < -0.4 is 11.1 Å². The molecule has 2 aromatic rings. The van der Waals surface area contributed by atoms with Gasteiger partial charge < -0.3 is 16.2 Å². The van der Waals surface area contributed by atoms with Gasteiger partial charge in [0.1, 0.15) is 18.0 Å². The molecule has 0 aromatic carbocycles. The summed E-state index contributed by atoms with van der Waals surface area (Å²) in [5.41, 5.74) is 7.67. The van der Waals surface area contributed by atoms with Crippen molar-refractivity contribution in [1.29, 1.82) is 0 Å². The summed E-state index contributed by atoms with van der Waals surface area (Å²) >= 11 is 1.57. The van der Waals surface area contributed by atoms with Gasteiger partial charge >= 0.3 is 0 Å². The van der Waals surface area contributed by atoms with Gasteiger partial charge in [0.25, 0.3) is 0 Å². The third-order valence-corrected chi connectivity index (χ3v) is 3.58. The molecule has 0 radical (unpaired) electrons. The molecule has 19 heavy (non-hydrogen) atoms. The molecule has 0 saturated heterocycles. The summed E-state index contributed by atoms with van der Waals surface area (Å²) in [6.45, 7) is 4.47. The van der Waals surface area contributed by atoms with E-state index in [1.807, 2.05) is 30.7 Å². The van der Waals surface area contributed by atoms with Crippen molar-refractivity contribution in [3.8, 4) is 0 Å². The van der Waals surface area contributed by atoms with Gasteiger partial charge in [-0.05, 0) is 28.3 Å². The van der Waals surface area contributed by atoms with E-state index in [0.717, 1.165) is 11.1 Å². The summed E-state index contributed by atoms with van der Waals surface area (Å²) in [6.07, 6.45) is 0.878. The molecule has 0 aliphatic carbocycles. The SMILES string of the molecule is CC(C)c1c(N)ncnc1NCC(O)c1ccsc1. The number of anilines is 2. The maximum atomic E-state index is 10.0. The highest BCUT2D eigenvalue weighted by molar-refractivity contribution is 7.07. The molecule has 1 atom stereocenters. The Morgan fingerprint density at radius 1 is 1.42 bits per heavy atom. The summed E-state index contributed by atoms with van der Waals surface area (Å²) in [5.74, 6) is 1.40. The first kappa shape index (κ1) is 13.8. The van der Waals surface area contributed by atoms with Crippen LogP contribution in [-0.4, -0.2) is 21.6 Å². The molecule has 2 rings (SSSR count). The highest BCUT2D eigenvalue weighted by Gasteiger charge is 2.14. The minimum atomic E-state index is -0.553. The van der Waals surface area contributed by atoms with Gasteiger partial charge in [0.05, 0.1) is 6.10 Å². The van der Waals surface area contributed by atoms with Gasteiger partial charge in [-0.2, -0.15) is 11.3 Å². The number of rotatable bonds is 5. The van der Waals surface area contributed by atoms with Crippen LogP contribution in [0.2, 0.25) is 0 Å². The van der Waals surface area contributed by atoms with E-state index in [9.17, 15) is 5.11 Å². The van der Waals surface area contributed by atoms with Crippen LogP contribution in [-0.2, 0) is 0 Å². The van der Waals surface area contributed by atoms with E-state index in [4.69, 9.17) is 5.73 Å². The maximum absolute atomic E-state index is 10.0. The molecule has 2 heterocycles. The van der Waals surface area contributed by atoms with Gasteiger partial charge in [0, 0.05) is 12.1 Å². The molecular weight excluding hydrogens is 260 g/mol. The molecule has 102 valence electrons. The van der Waals surface area contributed by atoms with Gasteiger partial charge in [-0.15, -0.1) is 0 Å². The van der Waals surface area contributed by atoms with Crippen molar-refractivity contribution in [3.63, 3.8) is 0 Å². The normalized spacial score (nSPS) is 12.6. The lowest BCUT2D eigenvalue weighted by Gasteiger charge is -2.16. The number of aliphatic hydroxyl groups is 1. The highest BCUT2D eigenvalue weighted by atomic mass is 32.1. The molecule has 0 aliphatic rings. The van der Waals surface area contributed by atoms with E-state index in [1.165, 1.54) is 6.33 Å². The average molecular weight is 278 g/mol. The number of aromatic nitrogens is 2. The zero-order valence-corrected chi connectivity index (χ0v) is 11.8. The third-order valence-electron chi connectivity index (χ3n) is 2.88. The van der Waals surface area contributed by atoms with Crippen LogP contribution in [0.15, 0.2) is 23.2 Å². The van der Waals surface area contributed by atoms with Crippen molar-refractivity contribution in [2.75, 3.05) is 17.6 Å². The Labute approximate surface area is 116 Å². The minimum absolute atomic E-state index is 0.224. The number of nitrogens with two attached hydrogens (primary N) is 1.